The van der Waals surface area contributed by atoms with E-state index in [4.69, 9.17) is 16.7 Å². The van der Waals surface area contributed by atoms with Crippen molar-refractivity contribution in [3.63, 3.8) is 0 Å². The lowest BCUT2D eigenvalue weighted by Crippen LogP contribution is -2.05. The van der Waals surface area contributed by atoms with Crippen molar-refractivity contribution in [2.75, 3.05) is 0 Å². The molecule has 1 N–H and O–H groups in total. The summed E-state index contributed by atoms with van der Waals surface area (Å²) in [5.74, 6) is 0.108. The Kier molecular flexibility index (Phi) is 3.96. The second-order valence-corrected chi connectivity index (χ2v) is 5.29. The number of halogens is 4. The van der Waals surface area contributed by atoms with Crippen LogP contribution in [0.3, 0.4) is 0 Å². The zero-order valence-electron chi connectivity index (χ0n) is 9.41. The molecule has 0 aliphatic rings. The molecule has 2 rings (SSSR count). The largest absolute Gasteiger partial charge is 0.508 e. The van der Waals surface area contributed by atoms with Crippen molar-refractivity contribution in [1.82, 2.24) is 0 Å². The smallest absolute Gasteiger partial charge is 0.417 e. The second-order valence-electron chi connectivity index (χ2n) is 3.74. The zero-order valence-corrected chi connectivity index (χ0v) is 11.0. The molecule has 19 heavy (non-hydrogen) atoms. The van der Waals surface area contributed by atoms with Gasteiger partial charge in [0.2, 0.25) is 0 Å². The molecule has 0 unspecified atom stereocenters. The molecule has 1 nitrogen and oxygen atoms in total. The van der Waals surface area contributed by atoms with Gasteiger partial charge in [0.05, 0.1) is 10.6 Å². The van der Waals surface area contributed by atoms with Crippen molar-refractivity contribution >= 4 is 23.4 Å². The van der Waals surface area contributed by atoms with Gasteiger partial charge < -0.3 is 5.11 Å². The van der Waals surface area contributed by atoms with E-state index < -0.39 is 11.7 Å². The van der Waals surface area contributed by atoms with Crippen LogP contribution in [0.15, 0.2) is 52.3 Å². The van der Waals surface area contributed by atoms with Gasteiger partial charge in [-0.25, -0.2) is 0 Å². The highest BCUT2D eigenvalue weighted by atomic mass is 35.5. The van der Waals surface area contributed by atoms with Crippen LogP contribution < -0.4 is 0 Å². The predicted molar refractivity (Wildman–Crippen MR) is 68.7 cm³/mol. The van der Waals surface area contributed by atoms with Gasteiger partial charge in [-0.15, -0.1) is 0 Å². The third kappa shape index (κ3) is 3.58. The fourth-order valence-electron chi connectivity index (χ4n) is 1.44. The van der Waals surface area contributed by atoms with Gasteiger partial charge in [-0.05, 0) is 42.5 Å². The highest BCUT2D eigenvalue weighted by Crippen LogP contribution is 2.38. The number of alkyl halides is 3. The fourth-order valence-corrected chi connectivity index (χ4v) is 2.52. The van der Waals surface area contributed by atoms with E-state index in [1.807, 2.05) is 0 Å². The first-order valence-corrected chi connectivity index (χ1v) is 6.39. The molecule has 0 spiro atoms. The van der Waals surface area contributed by atoms with Crippen molar-refractivity contribution in [2.45, 2.75) is 16.0 Å². The lowest BCUT2D eigenvalue weighted by atomic mass is 10.2. The van der Waals surface area contributed by atoms with Gasteiger partial charge in [0, 0.05) is 9.79 Å². The van der Waals surface area contributed by atoms with Crippen molar-refractivity contribution in [3.8, 4) is 5.75 Å². The summed E-state index contributed by atoms with van der Waals surface area (Å²) in [5, 5.41) is 8.82. The zero-order chi connectivity index (χ0) is 14.0. The van der Waals surface area contributed by atoms with E-state index in [-0.39, 0.29) is 10.8 Å². The molecule has 0 aromatic heterocycles. The van der Waals surface area contributed by atoms with Crippen molar-refractivity contribution in [3.05, 3.63) is 53.1 Å². The molecular weight excluding hydrogens is 297 g/mol. The number of aromatic hydroxyl groups is 1. The number of rotatable bonds is 2. The van der Waals surface area contributed by atoms with Gasteiger partial charge in [-0.3, -0.25) is 0 Å². The maximum absolute atomic E-state index is 12.7. The Morgan fingerprint density at radius 3 is 2.11 bits per heavy atom. The first kappa shape index (κ1) is 14.1. The standard InChI is InChI=1S/C13H8ClF3OS/c14-12-6-5-10(7-11(12)13(15,16)17)19-9-3-1-8(18)2-4-9/h1-7,18H. The van der Waals surface area contributed by atoms with Crippen LogP contribution in [0, 0.1) is 0 Å². The molecule has 0 bridgehead atoms. The average molecular weight is 305 g/mol. The maximum atomic E-state index is 12.7. The Morgan fingerprint density at radius 2 is 1.53 bits per heavy atom. The molecule has 0 saturated carbocycles. The monoisotopic (exact) mass is 304 g/mol. The minimum Gasteiger partial charge on any atom is -0.508 e. The first-order chi connectivity index (χ1) is 8.86. The van der Waals surface area contributed by atoms with Crippen LogP contribution in [0.1, 0.15) is 5.56 Å². The van der Waals surface area contributed by atoms with E-state index >= 15 is 0 Å². The van der Waals surface area contributed by atoms with Gasteiger partial charge in [0.15, 0.2) is 0 Å². The van der Waals surface area contributed by atoms with E-state index in [1.165, 1.54) is 36.0 Å². The highest BCUT2D eigenvalue weighted by Gasteiger charge is 2.33. The normalized spacial score (nSPS) is 11.6. The Hall–Kier alpha value is -1.33. The molecule has 0 fully saturated rings. The van der Waals surface area contributed by atoms with E-state index in [0.717, 1.165) is 11.0 Å². The number of hydrogen-bond donors (Lipinski definition) is 1. The van der Waals surface area contributed by atoms with E-state index in [0.29, 0.717) is 4.90 Å². The molecule has 0 amide bonds. The van der Waals surface area contributed by atoms with Crippen LogP contribution in [0.25, 0.3) is 0 Å². The molecule has 2 aromatic carbocycles. The van der Waals surface area contributed by atoms with Crippen LogP contribution in [0.4, 0.5) is 13.2 Å². The molecule has 0 atom stereocenters. The van der Waals surface area contributed by atoms with Crippen molar-refractivity contribution < 1.29 is 18.3 Å². The summed E-state index contributed by atoms with van der Waals surface area (Å²) in [6.07, 6.45) is -4.47. The summed E-state index contributed by atoms with van der Waals surface area (Å²) < 4.78 is 38.1. The minimum atomic E-state index is -4.47. The van der Waals surface area contributed by atoms with Crippen LogP contribution >= 0.6 is 23.4 Å². The number of phenolic OH excluding ortho intramolecular Hbond substituents is 1. The molecule has 6 heteroatoms. The summed E-state index contributed by atoms with van der Waals surface area (Å²) in [7, 11) is 0. The quantitative estimate of drug-likeness (QED) is 0.821. The van der Waals surface area contributed by atoms with E-state index in [1.54, 1.807) is 12.1 Å². The van der Waals surface area contributed by atoms with E-state index in [2.05, 4.69) is 0 Å². The van der Waals surface area contributed by atoms with Crippen LogP contribution in [0.5, 0.6) is 5.75 Å². The van der Waals surface area contributed by atoms with E-state index in [9.17, 15) is 13.2 Å². The number of hydrogen-bond acceptors (Lipinski definition) is 2. The lowest BCUT2D eigenvalue weighted by molar-refractivity contribution is -0.137. The van der Waals surface area contributed by atoms with Crippen LogP contribution in [-0.4, -0.2) is 5.11 Å². The summed E-state index contributed by atoms with van der Waals surface area (Å²) >= 11 is 6.71. The molecule has 0 radical (unpaired) electrons. The second kappa shape index (κ2) is 5.35. The highest BCUT2D eigenvalue weighted by molar-refractivity contribution is 7.99. The van der Waals surface area contributed by atoms with Gasteiger partial charge in [0.1, 0.15) is 5.75 Å². The Bertz CT molecular complexity index is 581. The number of benzene rings is 2. The molecule has 0 heterocycles. The fraction of sp³-hybridized carbons (Fsp3) is 0.0769. The van der Waals surface area contributed by atoms with Gasteiger partial charge in [-0.2, -0.15) is 13.2 Å². The van der Waals surface area contributed by atoms with Crippen LogP contribution in [0.2, 0.25) is 5.02 Å². The predicted octanol–water partition coefficient (Wildman–Crippen LogP) is 5.22. The summed E-state index contributed by atoms with van der Waals surface area (Å²) in [6, 6.07) is 9.97. The topological polar surface area (TPSA) is 20.2 Å². The van der Waals surface area contributed by atoms with Gasteiger partial charge in [-0.1, -0.05) is 23.4 Å². The molecule has 100 valence electrons. The molecule has 2 aromatic rings. The third-order valence-electron chi connectivity index (χ3n) is 2.32. The Balaban J connectivity index is 2.29. The van der Waals surface area contributed by atoms with Crippen LogP contribution in [-0.2, 0) is 6.18 Å². The molecular formula is C13H8ClF3OS. The first-order valence-electron chi connectivity index (χ1n) is 5.20. The number of phenols is 1. The summed E-state index contributed by atoms with van der Waals surface area (Å²) in [5.41, 5.74) is -0.849. The molecule has 0 saturated heterocycles. The summed E-state index contributed by atoms with van der Waals surface area (Å²) in [4.78, 5) is 1.16. The lowest BCUT2D eigenvalue weighted by Gasteiger charge is -2.10. The third-order valence-corrected chi connectivity index (χ3v) is 3.64. The minimum absolute atomic E-state index is 0.108. The Labute approximate surface area is 117 Å². The Morgan fingerprint density at radius 1 is 0.947 bits per heavy atom. The maximum Gasteiger partial charge on any atom is 0.417 e. The van der Waals surface area contributed by atoms with Gasteiger partial charge in [0.25, 0.3) is 0 Å². The van der Waals surface area contributed by atoms with Crippen molar-refractivity contribution in [2.24, 2.45) is 0 Å². The summed E-state index contributed by atoms with van der Waals surface area (Å²) in [6.45, 7) is 0. The van der Waals surface area contributed by atoms with Crippen molar-refractivity contribution in [1.29, 1.82) is 0 Å². The SMILES string of the molecule is Oc1ccc(Sc2ccc(Cl)c(C(F)(F)F)c2)cc1. The van der Waals surface area contributed by atoms with Gasteiger partial charge >= 0.3 is 6.18 Å². The molecule has 0 aliphatic heterocycles. The average Bonchev–Trinajstić information content (AvgIpc) is 2.33. The molecule has 0 aliphatic carbocycles.